The van der Waals surface area contributed by atoms with Gasteiger partial charge in [0.2, 0.25) is 5.91 Å². The highest BCUT2D eigenvalue weighted by Crippen LogP contribution is 2.33. The molecule has 2 amide bonds. The second-order valence-electron chi connectivity index (χ2n) is 10.4. The smallest absolute Gasteiger partial charge is 0.259 e. The van der Waals surface area contributed by atoms with Gasteiger partial charge in [0.25, 0.3) is 5.91 Å². The lowest BCUT2D eigenvalue weighted by Gasteiger charge is -2.27. The zero-order valence-corrected chi connectivity index (χ0v) is 22.4. The third-order valence-corrected chi connectivity index (χ3v) is 8.57. The van der Waals surface area contributed by atoms with Gasteiger partial charge in [-0.2, -0.15) is 0 Å². The van der Waals surface area contributed by atoms with Gasteiger partial charge in [-0.1, -0.05) is 49.6 Å². The van der Waals surface area contributed by atoms with Gasteiger partial charge < -0.3 is 10.2 Å². The van der Waals surface area contributed by atoms with Crippen molar-refractivity contribution >= 4 is 40.4 Å². The molecule has 0 aromatic heterocycles. The van der Waals surface area contributed by atoms with Crippen LogP contribution in [0.25, 0.3) is 11.1 Å². The molecule has 0 radical (unpaired) electrons. The maximum atomic E-state index is 13.6. The fourth-order valence-corrected chi connectivity index (χ4v) is 6.37. The van der Waals surface area contributed by atoms with Crippen molar-refractivity contribution in [3.8, 4) is 11.1 Å². The van der Waals surface area contributed by atoms with Gasteiger partial charge in [0.1, 0.15) is 5.54 Å². The first-order valence-corrected chi connectivity index (χ1v) is 13.8. The number of carbonyl (C=O) groups is 2. The second-order valence-corrected chi connectivity index (χ2v) is 11.6. The van der Waals surface area contributed by atoms with E-state index in [0.717, 1.165) is 58.9 Å². The first-order chi connectivity index (χ1) is 16.8. The highest BCUT2D eigenvalue weighted by Gasteiger charge is 2.48. The van der Waals surface area contributed by atoms with Crippen LogP contribution in [0.1, 0.15) is 51.0 Å². The van der Waals surface area contributed by atoms with E-state index in [9.17, 15) is 9.59 Å². The number of hydrogen-bond acceptors (Lipinski definition) is 3. The Bertz CT molecular complexity index is 1150. The predicted molar refractivity (Wildman–Crippen MR) is 146 cm³/mol. The number of carbonyl (C=O) groups excluding carboxylic acids is 2. The fourth-order valence-electron chi connectivity index (χ4n) is 5.82. The number of rotatable bonds is 5. The van der Waals surface area contributed by atoms with Crippen LogP contribution in [0, 0.1) is 20.8 Å². The first-order valence-electron chi connectivity index (χ1n) is 12.7. The van der Waals surface area contributed by atoms with E-state index < -0.39 is 5.54 Å². The second kappa shape index (κ2) is 9.91. The molecule has 2 aromatic rings. The number of nitrogens with zero attached hydrogens (tertiary/aromatic N) is 2. The number of likely N-dealkylation sites (tertiary alicyclic amines) is 1. The van der Waals surface area contributed by atoms with Crippen molar-refractivity contribution in [1.29, 1.82) is 5.41 Å². The van der Waals surface area contributed by atoms with Gasteiger partial charge in [-0.15, -0.1) is 0 Å². The highest BCUT2D eigenvalue weighted by molar-refractivity contribution is 14.1. The monoisotopic (exact) mass is 584 g/mol. The Morgan fingerprint density at radius 2 is 1.80 bits per heavy atom. The molecule has 35 heavy (non-hydrogen) atoms. The van der Waals surface area contributed by atoms with Gasteiger partial charge in [-0.05, 0) is 89.6 Å². The van der Waals surface area contributed by atoms with Crippen molar-refractivity contribution in [3.63, 3.8) is 0 Å². The molecule has 1 unspecified atom stereocenters. The minimum Gasteiger partial charge on any atom is -0.342 e. The van der Waals surface area contributed by atoms with E-state index in [2.05, 4.69) is 52.2 Å². The standard InChI is InChI=1S/C28H33IN4O2/c1-28(23-11-5-9-21(15-23)22-10-6-12-24(29)16-22)26(35)33(27(30)31-28)18-19-13-14-32(17-19)25(34)20-7-3-2-4-8-20/h5-6,9-12,15-16,19-20H,2-4,7-8,13-14,17-18H2,1H3,(H2,30,31)/t19-,28?/m0/s1. The Morgan fingerprint density at radius 1 is 1.09 bits per heavy atom. The van der Waals surface area contributed by atoms with Gasteiger partial charge in [0, 0.05) is 29.1 Å². The van der Waals surface area contributed by atoms with E-state index in [4.69, 9.17) is 5.41 Å². The van der Waals surface area contributed by atoms with Crippen molar-refractivity contribution in [3.05, 3.63) is 57.7 Å². The lowest BCUT2D eigenvalue weighted by Crippen LogP contribution is -2.42. The SMILES string of the molecule is CC1(c2cccc(-c3cccc(I)c3)c2)NC(=N)N(C[C@H]2CCN(C(=O)C3CCCCC3)C2)C1=O. The van der Waals surface area contributed by atoms with E-state index in [1.54, 1.807) is 4.90 Å². The van der Waals surface area contributed by atoms with Crippen LogP contribution in [0.4, 0.5) is 0 Å². The Morgan fingerprint density at radius 3 is 2.54 bits per heavy atom. The molecule has 2 N–H and O–H groups in total. The quantitative estimate of drug-likeness (QED) is 0.488. The number of amides is 2. The summed E-state index contributed by atoms with van der Waals surface area (Å²) in [5, 5.41) is 11.7. The Balaban J connectivity index is 1.28. The van der Waals surface area contributed by atoms with Gasteiger partial charge in [0.05, 0.1) is 0 Å². The number of guanidine groups is 1. The van der Waals surface area contributed by atoms with Crippen molar-refractivity contribution in [2.24, 2.45) is 11.8 Å². The summed E-state index contributed by atoms with van der Waals surface area (Å²) in [7, 11) is 0. The molecule has 0 spiro atoms. The normalized spacial score (nSPS) is 25.3. The maximum absolute atomic E-state index is 13.6. The molecule has 3 aliphatic rings. The number of nitrogens with one attached hydrogen (secondary N) is 2. The minimum atomic E-state index is -0.981. The third kappa shape index (κ3) is 4.84. The van der Waals surface area contributed by atoms with E-state index in [0.29, 0.717) is 19.0 Å². The Labute approximate surface area is 221 Å². The molecule has 184 valence electrons. The van der Waals surface area contributed by atoms with E-state index >= 15 is 0 Å². The van der Waals surface area contributed by atoms with Gasteiger partial charge in [-0.3, -0.25) is 19.9 Å². The zero-order valence-electron chi connectivity index (χ0n) is 20.2. The Hall–Kier alpha value is -2.42. The molecule has 5 rings (SSSR count). The molecule has 2 aliphatic heterocycles. The maximum Gasteiger partial charge on any atom is 0.259 e. The van der Waals surface area contributed by atoms with Crippen LogP contribution in [0.15, 0.2) is 48.5 Å². The molecule has 2 heterocycles. The molecule has 1 aliphatic carbocycles. The molecule has 1 saturated carbocycles. The molecule has 7 heteroatoms. The van der Waals surface area contributed by atoms with Crippen LogP contribution in [0.3, 0.4) is 0 Å². The molecule has 3 fully saturated rings. The van der Waals surface area contributed by atoms with Crippen molar-refractivity contribution in [1.82, 2.24) is 15.1 Å². The van der Waals surface area contributed by atoms with Crippen LogP contribution in [0.5, 0.6) is 0 Å². The summed E-state index contributed by atoms with van der Waals surface area (Å²) in [6.45, 7) is 3.79. The van der Waals surface area contributed by atoms with Gasteiger partial charge in [0.15, 0.2) is 5.96 Å². The number of hydrogen-bond donors (Lipinski definition) is 2. The number of halogens is 1. The summed E-state index contributed by atoms with van der Waals surface area (Å²) in [5.41, 5.74) is 2.03. The van der Waals surface area contributed by atoms with Crippen molar-refractivity contribution in [2.45, 2.75) is 51.0 Å². The van der Waals surface area contributed by atoms with E-state index in [-0.39, 0.29) is 23.7 Å². The minimum absolute atomic E-state index is 0.0978. The van der Waals surface area contributed by atoms with Crippen LogP contribution in [0.2, 0.25) is 0 Å². The summed E-state index contributed by atoms with van der Waals surface area (Å²) in [6, 6.07) is 16.3. The van der Waals surface area contributed by atoms with Crippen LogP contribution in [-0.2, 0) is 15.1 Å². The first kappa shape index (κ1) is 24.3. The van der Waals surface area contributed by atoms with E-state index in [1.165, 1.54) is 6.42 Å². The average molecular weight is 585 g/mol. The summed E-state index contributed by atoms with van der Waals surface area (Å²) >= 11 is 2.31. The molecule has 2 atom stereocenters. The van der Waals surface area contributed by atoms with Crippen molar-refractivity contribution in [2.75, 3.05) is 19.6 Å². The predicted octanol–water partition coefficient (Wildman–Crippen LogP) is 4.97. The third-order valence-electron chi connectivity index (χ3n) is 7.90. The summed E-state index contributed by atoms with van der Waals surface area (Å²) < 4.78 is 1.16. The van der Waals surface area contributed by atoms with Crippen LogP contribution in [-0.4, -0.2) is 47.2 Å². The van der Waals surface area contributed by atoms with Crippen molar-refractivity contribution < 1.29 is 9.59 Å². The molecule has 2 saturated heterocycles. The van der Waals surface area contributed by atoms with Crippen LogP contribution < -0.4 is 5.32 Å². The summed E-state index contributed by atoms with van der Waals surface area (Å²) in [4.78, 5) is 30.2. The molecule has 2 aromatic carbocycles. The van der Waals surface area contributed by atoms with Gasteiger partial charge >= 0.3 is 0 Å². The summed E-state index contributed by atoms with van der Waals surface area (Å²) in [5.74, 6) is 0.729. The Kier molecular flexibility index (Phi) is 6.88. The molecular formula is C28H33IN4O2. The molecule has 0 bridgehead atoms. The zero-order chi connectivity index (χ0) is 24.6. The lowest BCUT2D eigenvalue weighted by atomic mass is 9.88. The van der Waals surface area contributed by atoms with Crippen LogP contribution >= 0.6 is 22.6 Å². The molecular weight excluding hydrogens is 551 g/mol. The largest absolute Gasteiger partial charge is 0.342 e. The van der Waals surface area contributed by atoms with E-state index in [1.807, 2.05) is 36.1 Å². The number of benzene rings is 2. The highest BCUT2D eigenvalue weighted by atomic mass is 127. The molecule has 6 nitrogen and oxygen atoms in total. The lowest BCUT2D eigenvalue weighted by molar-refractivity contribution is -0.135. The summed E-state index contributed by atoms with van der Waals surface area (Å²) in [6.07, 6.45) is 6.46. The fraction of sp³-hybridized carbons (Fsp3) is 0.464. The topological polar surface area (TPSA) is 76.5 Å². The van der Waals surface area contributed by atoms with Gasteiger partial charge in [-0.25, -0.2) is 0 Å². The average Bonchev–Trinajstić information content (AvgIpc) is 3.43.